The van der Waals surface area contributed by atoms with Crippen molar-refractivity contribution in [2.24, 2.45) is 0 Å². The maximum absolute atomic E-state index is 13.5. The molecule has 1 saturated heterocycles. The topological polar surface area (TPSA) is 63.2 Å². The standard InChI is InChI=1S/C13H15BrFNO3S/c14-10-1-2-13(15)9(5-10)6-12(17)7-11-8-20(18,19)4-3-16-11/h1-2,5,11,16H,3-4,6-8H2. The summed E-state index contributed by atoms with van der Waals surface area (Å²) in [4.78, 5) is 11.9. The number of rotatable bonds is 4. The van der Waals surface area contributed by atoms with E-state index in [9.17, 15) is 17.6 Å². The highest BCUT2D eigenvalue weighted by Gasteiger charge is 2.26. The minimum Gasteiger partial charge on any atom is -0.312 e. The molecule has 4 nitrogen and oxygen atoms in total. The predicted octanol–water partition coefficient (Wildman–Crippen LogP) is 1.48. The average Bonchev–Trinajstić information content (AvgIpc) is 2.32. The first-order valence-corrected chi connectivity index (χ1v) is 8.86. The Morgan fingerprint density at radius 2 is 2.20 bits per heavy atom. The number of hydrogen-bond donors (Lipinski definition) is 1. The van der Waals surface area contributed by atoms with Crippen LogP contribution in [-0.2, 0) is 21.1 Å². The van der Waals surface area contributed by atoms with Crippen LogP contribution in [0.5, 0.6) is 0 Å². The van der Waals surface area contributed by atoms with Crippen molar-refractivity contribution in [1.29, 1.82) is 0 Å². The molecule has 2 rings (SSSR count). The van der Waals surface area contributed by atoms with Crippen LogP contribution in [0.15, 0.2) is 22.7 Å². The van der Waals surface area contributed by atoms with Crippen LogP contribution in [0.2, 0.25) is 0 Å². The smallest absolute Gasteiger partial charge is 0.153 e. The molecule has 110 valence electrons. The number of sulfone groups is 1. The lowest BCUT2D eigenvalue weighted by atomic mass is 10.0. The minimum absolute atomic E-state index is 0.0243. The number of Topliss-reactive ketones (excluding diaryl/α,β-unsaturated/α-hetero) is 1. The molecule has 1 aliphatic heterocycles. The third-order valence-electron chi connectivity index (χ3n) is 3.17. The first kappa shape index (κ1) is 15.6. The molecule has 0 amide bonds. The highest BCUT2D eigenvalue weighted by Crippen LogP contribution is 2.17. The molecule has 1 aliphatic rings. The van der Waals surface area contributed by atoms with Crippen molar-refractivity contribution in [2.45, 2.75) is 18.9 Å². The van der Waals surface area contributed by atoms with E-state index in [1.807, 2.05) is 0 Å². The van der Waals surface area contributed by atoms with Crippen molar-refractivity contribution in [1.82, 2.24) is 5.32 Å². The van der Waals surface area contributed by atoms with Gasteiger partial charge in [0.2, 0.25) is 0 Å². The summed E-state index contributed by atoms with van der Waals surface area (Å²) < 4.78 is 37.2. The molecule has 1 atom stereocenters. The summed E-state index contributed by atoms with van der Waals surface area (Å²) in [5.41, 5.74) is 0.322. The quantitative estimate of drug-likeness (QED) is 0.879. The van der Waals surface area contributed by atoms with Gasteiger partial charge in [-0.2, -0.15) is 0 Å². The Bertz CT molecular complexity index is 618. The summed E-state index contributed by atoms with van der Waals surface area (Å²) in [5, 5.41) is 3.01. The van der Waals surface area contributed by atoms with Gasteiger partial charge in [-0.25, -0.2) is 12.8 Å². The predicted molar refractivity (Wildman–Crippen MR) is 77.9 cm³/mol. The maximum atomic E-state index is 13.5. The number of benzene rings is 1. The highest BCUT2D eigenvalue weighted by atomic mass is 79.9. The monoisotopic (exact) mass is 363 g/mol. The van der Waals surface area contributed by atoms with E-state index in [4.69, 9.17) is 0 Å². The molecule has 7 heteroatoms. The molecule has 0 bridgehead atoms. The van der Waals surface area contributed by atoms with Crippen molar-refractivity contribution in [3.05, 3.63) is 34.1 Å². The first-order valence-electron chi connectivity index (χ1n) is 6.25. The Hall–Kier alpha value is -0.790. The van der Waals surface area contributed by atoms with Crippen LogP contribution in [0.25, 0.3) is 0 Å². The summed E-state index contributed by atoms with van der Waals surface area (Å²) in [6, 6.07) is 4.07. The molecule has 1 N–H and O–H groups in total. The number of hydrogen-bond acceptors (Lipinski definition) is 4. The van der Waals surface area contributed by atoms with E-state index in [2.05, 4.69) is 21.2 Å². The average molecular weight is 364 g/mol. The second-order valence-corrected chi connectivity index (χ2v) is 8.07. The summed E-state index contributed by atoms with van der Waals surface area (Å²) in [5.74, 6) is -0.514. The second kappa shape index (κ2) is 6.32. The van der Waals surface area contributed by atoms with E-state index >= 15 is 0 Å². The van der Waals surface area contributed by atoms with E-state index in [1.165, 1.54) is 6.07 Å². The fourth-order valence-electron chi connectivity index (χ4n) is 2.24. The molecule has 1 unspecified atom stereocenters. The van der Waals surface area contributed by atoms with Gasteiger partial charge in [-0.3, -0.25) is 4.79 Å². The van der Waals surface area contributed by atoms with Crippen LogP contribution >= 0.6 is 15.9 Å². The Balaban J connectivity index is 1.97. The van der Waals surface area contributed by atoms with E-state index in [1.54, 1.807) is 12.1 Å². The van der Waals surface area contributed by atoms with Crippen molar-refractivity contribution in [3.63, 3.8) is 0 Å². The lowest BCUT2D eigenvalue weighted by Crippen LogP contribution is -2.46. The van der Waals surface area contributed by atoms with Crippen LogP contribution < -0.4 is 5.32 Å². The summed E-state index contributed by atoms with van der Waals surface area (Å²) in [7, 11) is -3.06. The van der Waals surface area contributed by atoms with E-state index in [-0.39, 0.29) is 36.2 Å². The summed E-state index contributed by atoms with van der Waals surface area (Å²) in [6.45, 7) is 0.367. The van der Waals surface area contributed by atoms with Gasteiger partial charge in [0.1, 0.15) is 11.6 Å². The SMILES string of the molecule is O=C(Cc1cc(Br)ccc1F)CC1CS(=O)(=O)CCN1. The fraction of sp³-hybridized carbons (Fsp3) is 0.462. The molecule has 0 saturated carbocycles. The zero-order valence-electron chi connectivity index (χ0n) is 10.7. The molecule has 20 heavy (non-hydrogen) atoms. The van der Waals surface area contributed by atoms with Crippen LogP contribution in [0.3, 0.4) is 0 Å². The Morgan fingerprint density at radius 3 is 2.90 bits per heavy atom. The van der Waals surface area contributed by atoms with Crippen molar-refractivity contribution in [3.8, 4) is 0 Å². The Labute approximate surface area is 125 Å². The third kappa shape index (κ3) is 4.36. The molecular weight excluding hydrogens is 349 g/mol. The van der Waals surface area contributed by atoms with E-state index in [0.717, 1.165) is 0 Å². The van der Waals surface area contributed by atoms with Gasteiger partial charge in [0, 0.05) is 29.9 Å². The van der Waals surface area contributed by atoms with E-state index in [0.29, 0.717) is 16.6 Å². The zero-order valence-corrected chi connectivity index (χ0v) is 13.1. The Morgan fingerprint density at radius 1 is 1.45 bits per heavy atom. The summed E-state index contributed by atoms with van der Waals surface area (Å²) in [6.07, 6.45) is 0.0781. The molecule has 0 spiro atoms. The van der Waals surface area contributed by atoms with Gasteiger partial charge in [0.15, 0.2) is 9.84 Å². The molecule has 1 fully saturated rings. The third-order valence-corrected chi connectivity index (χ3v) is 5.40. The van der Waals surface area contributed by atoms with Gasteiger partial charge in [-0.1, -0.05) is 15.9 Å². The lowest BCUT2D eigenvalue weighted by molar-refractivity contribution is -0.118. The normalized spacial score (nSPS) is 21.6. The van der Waals surface area contributed by atoms with Crippen LogP contribution in [0, 0.1) is 5.82 Å². The van der Waals surface area contributed by atoms with Gasteiger partial charge in [-0.15, -0.1) is 0 Å². The van der Waals surface area contributed by atoms with Gasteiger partial charge >= 0.3 is 0 Å². The number of ketones is 1. The maximum Gasteiger partial charge on any atom is 0.153 e. The van der Waals surface area contributed by atoms with Crippen molar-refractivity contribution < 1.29 is 17.6 Å². The van der Waals surface area contributed by atoms with Crippen molar-refractivity contribution >= 4 is 31.6 Å². The molecule has 1 aromatic carbocycles. The van der Waals surface area contributed by atoms with Gasteiger partial charge in [0.05, 0.1) is 11.5 Å². The fourth-order valence-corrected chi connectivity index (χ4v) is 4.09. The molecule has 0 aliphatic carbocycles. The first-order chi connectivity index (χ1) is 9.35. The zero-order chi connectivity index (χ0) is 14.8. The number of nitrogens with one attached hydrogen (secondary N) is 1. The Kier molecular flexibility index (Phi) is 4.93. The van der Waals surface area contributed by atoms with E-state index < -0.39 is 15.7 Å². The van der Waals surface area contributed by atoms with Crippen molar-refractivity contribution in [2.75, 3.05) is 18.1 Å². The second-order valence-electron chi connectivity index (χ2n) is 4.92. The highest BCUT2D eigenvalue weighted by molar-refractivity contribution is 9.10. The molecule has 0 aromatic heterocycles. The molecule has 1 aromatic rings. The number of carbonyl (C=O) groups excluding carboxylic acids is 1. The van der Waals surface area contributed by atoms with Gasteiger partial charge in [0.25, 0.3) is 0 Å². The van der Waals surface area contributed by atoms with Crippen LogP contribution in [0.1, 0.15) is 12.0 Å². The molecule has 1 heterocycles. The lowest BCUT2D eigenvalue weighted by Gasteiger charge is -2.23. The molecule has 0 radical (unpaired) electrons. The van der Waals surface area contributed by atoms with Crippen LogP contribution in [0.4, 0.5) is 4.39 Å². The number of halogens is 2. The minimum atomic E-state index is -3.06. The molecular formula is C13H15BrFNO3S. The van der Waals surface area contributed by atoms with Gasteiger partial charge < -0.3 is 5.32 Å². The van der Waals surface area contributed by atoms with Gasteiger partial charge in [-0.05, 0) is 23.8 Å². The van der Waals surface area contributed by atoms with Crippen LogP contribution in [-0.4, -0.2) is 38.3 Å². The summed E-state index contributed by atoms with van der Waals surface area (Å²) >= 11 is 3.23. The number of carbonyl (C=O) groups is 1. The largest absolute Gasteiger partial charge is 0.312 e.